The van der Waals surface area contributed by atoms with Crippen LogP contribution in [0.2, 0.25) is 0 Å². The predicted octanol–water partition coefficient (Wildman–Crippen LogP) is 1.78. The molecule has 0 spiro atoms. The molecule has 5 heteroatoms. The van der Waals surface area contributed by atoms with E-state index in [1.807, 2.05) is 7.05 Å². The van der Waals surface area contributed by atoms with E-state index in [1.165, 1.54) is 16.9 Å². The van der Waals surface area contributed by atoms with Crippen molar-refractivity contribution >= 4 is 21.6 Å². The number of benzene rings is 1. The van der Waals surface area contributed by atoms with Gasteiger partial charge >= 0.3 is 4.87 Å². The van der Waals surface area contributed by atoms with Crippen LogP contribution >= 0.6 is 11.3 Å². The Kier molecular flexibility index (Phi) is 3.67. The topological polar surface area (TPSA) is 37.3 Å². The van der Waals surface area contributed by atoms with Crippen molar-refractivity contribution in [2.45, 2.75) is 32.5 Å². The van der Waals surface area contributed by atoms with Gasteiger partial charge < -0.3 is 9.88 Å². The fourth-order valence-corrected chi connectivity index (χ4v) is 3.77. The van der Waals surface area contributed by atoms with E-state index in [-0.39, 0.29) is 4.87 Å². The van der Waals surface area contributed by atoms with Crippen LogP contribution in [0.3, 0.4) is 0 Å². The Labute approximate surface area is 123 Å². The van der Waals surface area contributed by atoms with Gasteiger partial charge in [0.1, 0.15) is 0 Å². The molecular weight excluding hydrogens is 270 g/mol. The van der Waals surface area contributed by atoms with Gasteiger partial charge in [0.15, 0.2) is 0 Å². The summed E-state index contributed by atoms with van der Waals surface area (Å²) in [6.07, 6.45) is 0. The lowest BCUT2D eigenvalue weighted by molar-refractivity contribution is 0.139. The van der Waals surface area contributed by atoms with E-state index in [2.05, 4.69) is 42.3 Å². The van der Waals surface area contributed by atoms with Crippen molar-refractivity contribution in [2.75, 3.05) is 13.1 Å². The van der Waals surface area contributed by atoms with Gasteiger partial charge in [-0.25, -0.2) is 0 Å². The first-order valence-corrected chi connectivity index (χ1v) is 7.92. The number of piperazine rings is 1. The van der Waals surface area contributed by atoms with E-state index in [1.54, 1.807) is 4.57 Å². The standard InChI is InChI=1S/C15H21N3OS/c1-10-8-18(11(2)7-16-10)9-12-4-5-13-14(6-12)20-15(19)17(13)3/h4-6,10-11,16H,7-9H2,1-3H3. The summed E-state index contributed by atoms with van der Waals surface area (Å²) < 4.78 is 2.81. The zero-order chi connectivity index (χ0) is 14.3. The molecule has 1 N–H and O–H groups in total. The fourth-order valence-electron chi connectivity index (χ4n) is 2.83. The van der Waals surface area contributed by atoms with Gasteiger partial charge in [-0.2, -0.15) is 0 Å². The number of aryl methyl sites for hydroxylation is 1. The van der Waals surface area contributed by atoms with Gasteiger partial charge in [0.2, 0.25) is 0 Å². The lowest BCUT2D eigenvalue weighted by atomic mass is 10.1. The number of fused-ring (bicyclic) bond motifs is 1. The third-order valence-corrected chi connectivity index (χ3v) is 5.13. The van der Waals surface area contributed by atoms with E-state index in [9.17, 15) is 4.79 Å². The van der Waals surface area contributed by atoms with Gasteiger partial charge in [0.25, 0.3) is 0 Å². The maximum Gasteiger partial charge on any atom is 0.307 e. The average molecular weight is 291 g/mol. The van der Waals surface area contributed by atoms with Gasteiger partial charge in [0.05, 0.1) is 10.2 Å². The maximum absolute atomic E-state index is 11.7. The molecule has 1 aliphatic heterocycles. The highest BCUT2D eigenvalue weighted by molar-refractivity contribution is 7.16. The van der Waals surface area contributed by atoms with E-state index in [0.29, 0.717) is 12.1 Å². The number of hydrogen-bond acceptors (Lipinski definition) is 4. The average Bonchev–Trinajstić information content (AvgIpc) is 2.69. The minimum Gasteiger partial charge on any atom is -0.311 e. The van der Waals surface area contributed by atoms with Crippen molar-refractivity contribution in [3.63, 3.8) is 0 Å². The van der Waals surface area contributed by atoms with Gasteiger partial charge in [-0.15, -0.1) is 0 Å². The molecule has 1 fully saturated rings. The molecule has 2 unspecified atom stereocenters. The Hall–Kier alpha value is -1.17. The fraction of sp³-hybridized carbons (Fsp3) is 0.533. The van der Waals surface area contributed by atoms with Crippen LogP contribution in [0.5, 0.6) is 0 Å². The maximum atomic E-state index is 11.7. The molecule has 2 heterocycles. The van der Waals surface area contributed by atoms with Crippen LogP contribution < -0.4 is 10.2 Å². The zero-order valence-corrected chi connectivity index (χ0v) is 13.0. The largest absolute Gasteiger partial charge is 0.311 e. The smallest absolute Gasteiger partial charge is 0.307 e. The Morgan fingerprint density at radius 3 is 3.00 bits per heavy atom. The second-order valence-electron chi connectivity index (χ2n) is 5.82. The second-order valence-corrected chi connectivity index (χ2v) is 6.81. The Bertz CT molecular complexity index is 675. The number of nitrogens with one attached hydrogen (secondary N) is 1. The molecule has 0 aliphatic carbocycles. The summed E-state index contributed by atoms with van der Waals surface area (Å²) in [6.45, 7) is 7.56. The van der Waals surface area contributed by atoms with E-state index in [4.69, 9.17) is 0 Å². The summed E-state index contributed by atoms with van der Waals surface area (Å²) >= 11 is 1.33. The summed E-state index contributed by atoms with van der Waals surface area (Å²) in [6, 6.07) is 7.48. The number of aromatic nitrogens is 1. The number of thiazole rings is 1. The molecule has 0 amide bonds. The van der Waals surface area contributed by atoms with Crippen molar-refractivity contribution in [1.29, 1.82) is 0 Å². The second kappa shape index (κ2) is 5.31. The number of hydrogen-bond donors (Lipinski definition) is 1. The minimum absolute atomic E-state index is 0.112. The molecule has 3 rings (SSSR count). The Morgan fingerprint density at radius 1 is 1.40 bits per heavy atom. The van der Waals surface area contributed by atoms with Crippen molar-refractivity contribution in [3.05, 3.63) is 33.4 Å². The quantitative estimate of drug-likeness (QED) is 0.916. The van der Waals surface area contributed by atoms with E-state index < -0.39 is 0 Å². The molecule has 0 saturated carbocycles. The number of rotatable bonds is 2. The van der Waals surface area contributed by atoms with E-state index >= 15 is 0 Å². The third kappa shape index (κ3) is 2.53. The van der Waals surface area contributed by atoms with Crippen LogP contribution in [0, 0.1) is 0 Å². The van der Waals surface area contributed by atoms with E-state index in [0.717, 1.165) is 29.9 Å². The van der Waals surface area contributed by atoms with Crippen molar-refractivity contribution in [2.24, 2.45) is 7.05 Å². The highest BCUT2D eigenvalue weighted by atomic mass is 32.1. The molecule has 4 nitrogen and oxygen atoms in total. The molecule has 2 aromatic rings. The highest BCUT2D eigenvalue weighted by Crippen LogP contribution is 2.20. The van der Waals surface area contributed by atoms with Crippen LogP contribution in [0.15, 0.2) is 23.0 Å². The third-order valence-electron chi connectivity index (χ3n) is 4.14. The lowest BCUT2D eigenvalue weighted by Gasteiger charge is -2.37. The molecule has 0 radical (unpaired) electrons. The predicted molar refractivity (Wildman–Crippen MR) is 84.4 cm³/mol. The van der Waals surface area contributed by atoms with Crippen LogP contribution in [0.1, 0.15) is 19.4 Å². The highest BCUT2D eigenvalue weighted by Gasteiger charge is 2.22. The first kappa shape index (κ1) is 13.8. The number of nitrogens with zero attached hydrogens (tertiary/aromatic N) is 2. The molecule has 2 atom stereocenters. The van der Waals surface area contributed by atoms with Crippen LogP contribution in [0.25, 0.3) is 10.2 Å². The van der Waals surface area contributed by atoms with Crippen molar-refractivity contribution in [3.8, 4) is 0 Å². The Morgan fingerprint density at radius 2 is 2.20 bits per heavy atom. The van der Waals surface area contributed by atoms with Gasteiger partial charge in [0, 0.05) is 38.8 Å². The molecule has 20 heavy (non-hydrogen) atoms. The minimum atomic E-state index is 0.112. The van der Waals surface area contributed by atoms with Crippen molar-refractivity contribution in [1.82, 2.24) is 14.8 Å². The summed E-state index contributed by atoms with van der Waals surface area (Å²) in [7, 11) is 1.83. The zero-order valence-electron chi connectivity index (χ0n) is 12.2. The van der Waals surface area contributed by atoms with Gasteiger partial charge in [-0.05, 0) is 31.5 Å². The molecular formula is C15H21N3OS. The molecule has 1 aliphatic rings. The summed E-state index contributed by atoms with van der Waals surface area (Å²) in [4.78, 5) is 14.3. The van der Waals surface area contributed by atoms with Crippen LogP contribution in [-0.4, -0.2) is 34.6 Å². The first-order valence-electron chi connectivity index (χ1n) is 7.10. The van der Waals surface area contributed by atoms with Crippen LogP contribution in [0.4, 0.5) is 0 Å². The molecule has 1 aromatic heterocycles. The summed E-state index contributed by atoms with van der Waals surface area (Å²) in [5, 5.41) is 3.50. The monoisotopic (exact) mass is 291 g/mol. The molecule has 1 saturated heterocycles. The van der Waals surface area contributed by atoms with Gasteiger partial charge in [-0.3, -0.25) is 9.69 Å². The first-order chi connectivity index (χ1) is 9.54. The van der Waals surface area contributed by atoms with Crippen molar-refractivity contribution < 1.29 is 0 Å². The summed E-state index contributed by atoms with van der Waals surface area (Å²) in [5.74, 6) is 0. The van der Waals surface area contributed by atoms with Crippen LogP contribution in [-0.2, 0) is 13.6 Å². The molecule has 1 aromatic carbocycles. The normalized spacial score (nSPS) is 24.4. The SMILES string of the molecule is CC1CN(Cc2ccc3c(c2)sc(=O)n3C)C(C)CN1. The molecule has 0 bridgehead atoms. The molecule has 108 valence electrons. The summed E-state index contributed by atoms with van der Waals surface area (Å²) in [5.41, 5.74) is 2.32. The lowest BCUT2D eigenvalue weighted by Crippen LogP contribution is -2.53. The van der Waals surface area contributed by atoms with Gasteiger partial charge in [-0.1, -0.05) is 17.4 Å². The Balaban J connectivity index is 1.85.